The summed E-state index contributed by atoms with van der Waals surface area (Å²) in [7, 11) is 0. The first-order valence-electron chi connectivity index (χ1n) is 6.41. The van der Waals surface area contributed by atoms with Gasteiger partial charge in [-0.3, -0.25) is 4.79 Å². The van der Waals surface area contributed by atoms with Crippen LogP contribution in [0.3, 0.4) is 0 Å². The van der Waals surface area contributed by atoms with Crippen molar-refractivity contribution in [2.75, 3.05) is 5.75 Å². The van der Waals surface area contributed by atoms with Gasteiger partial charge in [0.1, 0.15) is 15.8 Å². The van der Waals surface area contributed by atoms with E-state index in [2.05, 4.69) is 9.97 Å². The zero-order valence-corrected chi connectivity index (χ0v) is 13.1. The molecule has 106 valence electrons. The molecule has 1 N–H and O–H groups in total. The number of aryl methyl sites for hydroxylation is 2. The summed E-state index contributed by atoms with van der Waals surface area (Å²) >= 11 is 9.31. The van der Waals surface area contributed by atoms with Crippen LogP contribution < -0.4 is 0 Å². The summed E-state index contributed by atoms with van der Waals surface area (Å²) in [6.07, 6.45) is 4.60. The summed E-state index contributed by atoms with van der Waals surface area (Å²) in [5.74, 6) is 0.325. The SMILES string of the molecule is O=C(O)CSCc1nc(Cl)c2c3c(sc2n1)CCCC3. The van der Waals surface area contributed by atoms with Crippen LogP contribution in [0.2, 0.25) is 5.15 Å². The number of hydrogen-bond donors (Lipinski definition) is 1. The second-order valence-electron chi connectivity index (χ2n) is 4.71. The van der Waals surface area contributed by atoms with Crippen LogP contribution >= 0.6 is 34.7 Å². The third-order valence-corrected chi connectivity index (χ3v) is 5.65. The van der Waals surface area contributed by atoms with Crippen molar-refractivity contribution < 1.29 is 9.90 Å². The third kappa shape index (κ3) is 2.77. The minimum atomic E-state index is -0.825. The van der Waals surface area contributed by atoms with Gasteiger partial charge in [-0.25, -0.2) is 9.97 Å². The second kappa shape index (κ2) is 5.87. The fourth-order valence-corrected chi connectivity index (χ4v) is 4.67. The summed E-state index contributed by atoms with van der Waals surface area (Å²) in [6.45, 7) is 0. The first-order valence-corrected chi connectivity index (χ1v) is 8.76. The Balaban J connectivity index is 1.91. The summed E-state index contributed by atoms with van der Waals surface area (Å²) in [4.78, 5) is 21.7. The summed E-state index contributed by atoms with van der Waals surface area (Å²) < 4.78 is 0. The Hall–Kier alpha value is -0.850. The Morgan fingerprint density at radius 2 is 2.15 bits per heavy atom. The Morgan fingerprint density at radius 3 is 2.95 bits per heavy atom. The van der Waals surface area contributed by atoms with E-state index in [1.54, 1.807) is 11.3 Å². The normalized spacial score (nSPS) is 14.4. The highest BCUT2D eigenvalue weighted by Gasteiger charge is 2.20. The summed E-state index contributed by atoms with van der Waals surface area (Å²) in [5.41, 5.74) is 1.32. The van der Waals surface area contributed by atoms with E-state index in [0.717, 1.165) is 23.1 Å². The van der Waals surface area contributed by atoms with Gasteiger partial charge in [-0.2, -0.15) is 0 Å². The molecule has 0 aliphatic heterocycles. The third-order valence-electron chi connectivity index (χ3n) is 3.27. The van der Waals surface area contributed by atoms with Crippen molar-refractivity contribution in [3.05, 3.63) is 21.4 Å². The van der Waals surface area contributed by atoms with E-state index in [0.29, 0.717) is 16.7 Å². The van der Waals surface area contributed by atoms with Crippen LogP contribution in [0.1, 0.15) is 29.1 Å². The summed E-state index contributed by atoms with van der Waals surface area (Å²) in [5, 5.41) is 10.2. The lowest BCUT2D eigenvalue weighted by molar-refractivity contribution is -0.133. The molecule has 0 radical (unpaired) electrons. The number of nitrogens with zero attached hydrogens (tertiary/aromatic N) is 2. The smallest absolute Gasteiger partial charge is 0.313 e. The standard InChI is InChI=1S/C13H13ClN2O2S2/c14-12-11-7-3-1-2-4-8(7)20-13(11)16-9(15-12)5-19-6-10(17)18/h1-6H2,(H,17,18). The van der Waals surface area contributed by atoms with E-state index in [4.69, 9.17) is 16.7 Å². The molecule has 0 saturated heterocycles. The van der Waals surface area contributed by atoms with E-state index < -0.39 is 5.97 Å². The van der Waals surface area contributed by atoms with Gasteiger partial charge in [0, 0.05) is 4.88 Å². The molecule has 0 fully saturated rings. The number of fused-ring (bicyclic) bond motifs is 3. The van der Waals surface area contributed by atoms with Gasteiger partial charge in [-0.05, 0) is 31.2 Å². The van der Waals surface area contributed by atoms with E-state index in [9.17, 15) is 4.79 Å². The van der Waals surface area contributed by atoms with Crippen LogP contribution in [0.15, 0.2) is 0 Å². The maximum atomic E-state index is 10.5. The minimum Gasteiger partial charge on any atom is -0.481 e. The topological polar surface area (TPSA) is 63.1 Å². The van der Waals surface area contributed by atoms with Crippen LogP contribution in [0.25, 0.3) is 10.2 Å². The fourth-order valence-electron chi connectivity index (χ4n) is 2.45. The van der Waals surface area contributed by atoms with E-state index in [1.165, 1.54) is 35.0 Å². The van der Waals surface area contributed by atoms with Gasteiger partial charge in [0.2, 0.25) is 0 Å². The molecule has 20 heavy (non-hydrogen) atoms. The average molecular weight is 329 g/mol. The van der Waals surface area contributed by atoms with Gasteiger partial charge < -0.3 is 5.11 Å². The molecule has 0 atom stereocenters. The van der Waals surface area contributed by atoms with Crippen LogP contribution in [0, 0.1) is 0 Å². The van der Waals surface area contributed by atoms with E-state index in [1.807, 2.05) is 0 Å². The van der Waals surface area contributed by atoms with Crippen molar-refractivity contribution in [2.24, 2.45) is 0 Å². The van der Waals surface area contributed by atoms with Crippen molar-refractivity contribution in [1.82, 2.24) is 9.97 Å². The number of halogens is 1. The molecule has 1 aliphatic rings. The molecule has 2 heterocycles. The molecular weight excluding hydrogens is 316 g/mol. The lowest BCUT2D eigenvalue weighted by atomic mass is 9.97. The lowest BCUT2D eigenvalue weighted by Gasteiger charge is -2.10. The Bertz CT molecular complexity index is 672. The van der Waals surface area contributed by atoms with Gasteiger partial charge in [0.15, 0.2) is 0 Å². The van der Waals surface area contributed by atoms with Crippen LogP contribution in [0.4, 0.5) is 0 Å². The van der Waals surface area contributed by atoms with Crippen LogP contribution in [-0.2, 0) is 23.4 Å². The maximum Gasteiger partial charge on any atom is 0.313 e. The first-order chi connectivity index (χ1) is 9.65. The predicted molar refractivity (Wildman–Crippen MR) is 82.9 cm³/mol. The molecule has 7 heteroatoms. The Morgan fingerprint density at radius 1 is 1.35 bits per heavy atom. The number of thioether (sulfide) groups is 1. The minimum absolute atomic E-state index is 0.0555. The molecule has 0 unspecified atom stereocenters. The Labute approximate surface area is 129 Å². The maximum absolute atomic E-state index is 10.5. The van der Waals surface area contributed by atoms with Crippen molar-refractivity contribution in [3.63, 3.8) is 0 Å². The monoisotopic (exact) mass is 328 g/mol. The summed E-state index contributed by atoms with van der Waals surface area (Å²) in [6, 6.07) is 0. The number of hydrogen-bond acceptors (Lipinski definition) is 5. The van der Waals surface area contributed by atoms with Gasteiger partial charge in [-0.1, -0.05) is 11.6 Å². The molecule has 0 bridgehead atoms. The highest BCUT2D eigenvalue weighted by molar-refractivity contribution is 7.99. The van der Waals surface area contributed by atoms with Crippen molar-refractivity contribution in [2.45, 2.75) is 31.4 Å². The molecule has 0 saturated carbocycles. The largest absolute Gasteiger partial charge is 0.481 e. The molecule has 0 aromatic carbocycles. The lowest BCUT2D eigenvalue weighted by Crippen LogP contribution is -2.01. The molecule has 2 aromatic rings. The highest BCUT2D eigenvalue weighted by atomic mass is 35.5. The van der Waals surface area contributed by atoms with Crippen molar-refractivity contribution >= 4 is 50.9 Å². The zero-order chi connectivity index (χ0) is 14.1. The highest BCUT2D eigenvalue weighted by Crippen LogP contribution is 2.38. The van der Waals surface area contributed by atoms with E-state index >= 15 is 0 Å². The van der Waals surface area contributed by atoms with Crippen LogP contribution in [-0.4, -0.2) is 26.8 Å². The number of thiophene rings is 1. The molecular formula is C13H13ClN2O2S2. The number of aliphatic carboxylic acids is 1. The second-order valence-corrected chi connectivity index (χ2v) is 7.14. The van der Waals surface area contributed by atoms with Gasteiger partial charge in [-0.15, -0.1) is 23.1 Å². The number of carbonyl (C=O) groups is 1. The number of aromatic nitrogens is 2. The quantitative estimate of drug-likeness (QED) is 0.870. The Kier molecular flexibility index (Phi) is 4.14. The molecule has 2 aromatic heterocycles. The molecule has 1 aliphatic carbocycles. The number of rotatable bonds is 4. The predicted octanol–water partition coefficient (Wildman–Crippen LogP) is 3.54. The zero-order valence-electron chi connectivity index (χ0n) is 10.7. The van der Waals surface area contributed by atoms with Crippen molar-refractivity contribution in [3.8, 4) is 0 Å². The number of carboxylic acids is 1. The van der Waals surface area contributed by atoms with Crippen molar-refractivity contribution in [1.29, 1.82) is 0 Å². The molecule has 0 spiro atoms. The molecule has 3 rings (SSSR count). The molecule has 4 nitrogen and oxygen atoms in total. The van der Waals surface area contributed by atoms with Gasteiger partial charge >= 0.3 is 5.97 Å². The molecule has 0 amide bonds. The van der Waals surface area contributed by atoms with Gasteiger partial charge in [0.05, 0.1) is 16.9 Å². The van der Waals surface area contributed by atoms with E-state index in [-0.39, 0.29) is 5.75 Å². The first kappa shape index (κ1) is 14.1. The number of carboxylic acid groups (broad SMARTS) is 1. The fraction of sp³-hybridized carbons (Fsp3) is 0.462. The van der Waals surface area contributed by atoms with Gasteiger partial charge in [0.25, 0.3) is 0 Å². The average Bonchev–Trinajstić information content (AvgIpc) is 2.76. The van der Waals surface area contributed by atoms with Crippen LogP contribution in [0.5, 0.6) is 0 Å².